The smallest absolute Gasteiger partial charge is 0.0618 e. The second-order valence-corrected chi connectivity index (χ2v) is 3.41. The van der Waals surface area contributed by atoms with Crippen LogP contribution in [-0.4, -0.2) is 37.6 Å². The molecule has 3 nitrogen and oxygen atoms in total. The molecule has 1 N–H and O–H groups in total. The van der Waals surface area contributed by atoms with Crippen molar-refractivity contribution in [3.8, 4) is 0 Å². The Balaban J connectivity index is 3.40. The van der Waals surface area contributed by atoms with E-state index >= 15 is 0 Å². The average molecular weight is 204 g/mol. The van der Waals surface area contributed by atoms with Crippen molar-refractivity contribution in [3.63, 3.8) is 0 Å². The van der Waals surface area contributed by atoms with Gasteiger partial charge < -0.3 is 14.6 Å². The topological polar surface area (TPSA) is 38.7 Å². The second-order valence-electron chi connectivity index (χ2n) is 3.41. The molecule has 0 aromatic heterocycles. The van der Waals surface area contributed by atoms with Gasteiger partial charge in [0.25, 0.3) is 0 Å². The van der Waals surface area contributed by atoms with E-state index in [1.807, 2.05) is 0 Å². The first-order chi connectivity index (χ1) is 6.85. The molecule has 0 amide bonds. The molecule has 1 unspecified atom stereocenters. The fourth-order valence-corrected chi connectivity index (χ4v) is 1.20. The van der Waals surface area contributed by atoms with Crippen molar-refractivity contribution in [1.82, 2.24) is 0 Å². The minimum Gasteiger partial charge on any atom is -0.396 e. The van der Waals surface area contributed by atoms with Gasteiger partial charge in [-0.25, -0.2) is 0 Å². The Morgan fingerprint density at radius 1 is 1.00 bits per heavy atom. The van der Waals surface area contributed by atoms with E-state index in [0.29, 0.717) is 0 Å². The first-order valence-electron chi connectivity index (χ1n) is 5.65. The minimum absolute atomic E-state index is 0.164. The minimum atomic E-state index is 0.164. The van der Waals surface area contributed by atoms with Crippen LogP contribution >= 0.6 is 0 Å². The summed E-state index contributed by atoms with van der Waals surface area (Å²) < 4.78 is 10.9. The number of aliphatic hydroxyl groups excluding tert-OH is 1. The van der Waals surface area contributed by atoms with Crippen LogP contribution in [0.1, 0.15) is 39.5 Å². The third-order valence-electron chi connectivity index (χ3n) is 1.94. The summed E-state index contributed by atoms with van der Waals surface area (Å²) in [7, 11) is 0. The van der Waals surface area contributed by atoms with Crippen LogP contribution in [-0.2, 0) is 9.47 Å². The predicted octanol–water partition coefficient (Wildman–Crippen LogP) is 1.98. The Kier molecular flexibility index (Phi) is 10.9. The van der Waals surface area contributed by atoms with E-state index in [0.717, 1.165) is 45.5 Å². The molecule has 1 atom stereocenters. The van der Waals surface area contributed by atoms with Crippen LogP contribution < -0.4 is 0 Å². The Morgan fingerprint density at radius 2 is 1.71 bits per heavy atom. The second kappa shape index (κ2) is 11.0. The molecule has 0 fully saturated rings. The Hall–Kier alpha value is -0.120. The third-order valence-corrected chi connectivity index (χ3v) is 1.94. The highest BCUT2D eigenvalue weighted by atomic mass is 16.5. The van der Waals surface area contributed by atoms with E-state index in [1.165, 1.54) is 0 Å². The zero-order valence-corrected chi connectivity index (χ0v) is 9.50. The summed E-state index contributed by atoms with van der Waals surface area (Å²) >= 11 is 0. The quantitative estimate of drug-likeness (QED) is 0.553. The number of aliphatic hydroxyl groups is 1. The molecule has 0 aliphatic heterocycles. The van der Waals surface area contributed by atoms with Gasteiger partial charge in [0.15, 0.2) is 0 Å². The maximum absolute atomic E-state index is 8.82. The molecule has 86 valence electrons. The molecular formula is C11H24O3. The summed E-state index contributed by atoms with van der Waals surface area (Å²) in [5.74, 6) is 0. The number of ether oxygens (including phenoxy) is 2. The van der Waals surface area contributed by atoms with Gasteiger partial charge in [-0.2, -0.15) is 0 Å². The maximum Gasteiger partial charge on any atom is 0.0618 e. The lowest BCUT2D eigenvalue weighted by Crippen LogP contribution is -2.18. The normalized spacial score (nSPS) is 13.1. The number of hydrogen-bond acceptors (Lipinski definition) is 3. The van der Waals surface area contributed by atoms with Crippen LogP contribution in [0, 0.1) is 0 Å². The molecule has 14 heavy (non-hydrogen) atoms. The summed E-state index contributed by atoms with van der Waals surface area (Å²) in [6, 6.07) is 0. The highest BCUT2D eigenvalue weighted by molar-refractivity contribution is 4.57. The van der Waals surface area contributed by atoms with E-state index in [-0.39, 0.29) is 12.7 Å². The zero-order chi connectivity index (χ0) is 10.6. The van der Waals surface area contributed by atoms with Crippen LogP contribution in [0.2, 0.25) is 0 Å². The van der Waals surface area contributed by atoms with Crippen LogP contribution in [0.5, 0.6) is 0 Å². The van der Waals surface area contributed by atoms with Gasteiger partial charge in [-0.05, 0) is 25.7 Å². The summed E-state index contributed by atoms with van der Waals surface area (Å²) in [4.78, 5) is 0. The molecule has 0 aliphatic rings. The molecular weight excluding hydrogens is 180 g/mol. The van der Waals surface area contributed by atoms with Crippen LogP contribution in [0.15, 0.2) is 0 Å². The van der Waals surface area contributed by atoms with Gasteiger partial charge in [-0.1, -0.05) is 13.8 Å². The highest BCUT2D eigenvalue weighted by Gasteiger charge is 2.07. The van der Waals surface area contributed by atoms with Crippen LogP contribution in [0.4, 0.5) is 0 Å². The molecule has 0 rings (SSSR count). The van der Waals surface area contributed by atoms with Crippen molar-refractivity contribution in [2.45, 2.75) is 45.6 Å². The van der Waals surface area contributed by atoms with E-state index < -0.39 is 0 Å². The molecule has 0 heterocycles. The molecule has 0 aromatic carbocycles. The van der Waals surface area contributed by atoms with E-state index in [4.69, 9.17) is 14.6 Å². The monoisotopic (exact) mass is 204 g/mol. The van der Waals surface area contributed by atoms with Crippen LogP contribution in [0.3, 0.4) is 0 Å². The zero-order valence-electron chi connectivity index (χ0n) is 9.50. The first kappa shape index (κ1) is 13.9. The molecule has 0 saturated heterocycles. The largest absolute Gasteiger partial charge is 0.396 e. The van der Waals surface area contributed by atoms with Gasteiger partial charge in [-0.3, -0.25) is 0 Å². The van der Waals surface area contributed by atoms with Crippen molar-refractivity contribution in [1.29, 1.82) is 0 Å². The fourth-order valence-electron chi connectivity index (χ4n) is 1.20. The molecule has 0 spiro atoms. The Bertz CT molecular complexity index is 107. The Morgan fingerprint density at radius 3 is 2.29 bits per heavy atom. The van der Waals surface area contributed by atoms with E-state index in [1.54, 1.807) is 0 Å². The first-order valence-corrected chi connectivity index (χ1v) is 5.65. The standard InChI is InChI=1S/C11H24O3/c1-3-8-13-10-6-11(5-7-12)14-9-4-2/h11-12H,3-10H2,1-2H3. The van der Waals surface area contributed by atoms with Gasteiger partial charge in [0, 0.05) is 26.4 Å². The maximum atomic E-state index is 8.82. The molecule has 0 aromatic rings. The van der Waals surface area contributed by atoms with Crippen molar-refractivity contribution < 1.29 is 14.6 Å². The lowest BCUT2D eigenvalue weighted by atomic mass is 10.2. The van der Waals surface area contributed by atoms with Crippen molar-refractivity contribution in [3.05, 3.63) is 0 Å². The lowest BCUT2D eigenvalue weighted by Gasteiger charge is -2.16. The molecule has 0 saturated carbocycles. The molecule has 0 aliphatic carbocycles. The van der Waals surface area contributed by atoms with Crippen LogP contribution in [0.25, 0.3) is 0 Å². The third kappa shape index (κ3) is 8.48. The van der Waals surface area contributed by atoms with E-state index in [2.05, 4.69) is 13.8 Å². The van der Waals surface area contributed by atoms with Crippen molar-refractivity contribution in [2.24, 2.45) is 0 Å². The Labute approximate surface area is 87.4 Å². The van der Waals surface area contributed by atoms with Crippen molar-refractivity contribution in [2.75, 3.05) is 26.4 Å². The van der Waals surface area contributed by atoms with Gasteiger partial charge >= 0.3 is 0 Å². The molecule has 0 bridgehead atoms. The fraction of sp³-hybridized carbons (Fsp3) is 1.00. The highest BCUT2D eigenvalue weighted by Crippen LogP contribution is 2.04. The summed E-state index contributed by atoms with van der Waals surface area (Å²) in [5.41, 5.74) is 0. The molecule has 0 radical (unpaired) electrons. The van der Waals surface area contributed by atoms with Gasteiger partial charge in [-0.15, -0.1) is 0 Å². The lowest BCUT2D eigenvalue weighted by molar-refractivity contribution is 0.00865. The summed E-state index contributed by atoms with van der Waals surface area (Å²) in [6.45, 7) is 6.71. The van der Waals surface area contributed by atoms with Gasteiger partial charge in [0.1, 0.15) is 0 Å². The SMILES string of the molecule is CCCOCCC(CCO)OCCC. The average Bonchev–Trinajstić information content (AvgIpc) is 2.20. The van der Waals surface area contributed by atoms with E-state index in [9.17, 15) is 0 Å². The number of rotatable bonds is 10. The van der Waals surface area contributed by atoms with Gasteiger partial charge in [0.05, 0.1) is 6.10 Å². The number of hydrogen-bond donors (Lipinski definition) is 1. The predicted molar refractivity (Wildman–Crippen MR) is 57.5 cm³/mol. The summed E-state index contributed by atoms with van der Waals surface area (Å²) in [5, 5.41) is 8.82. The molecule has 3 heteroatoms. The van der Waals surface area contributed by atoms with Gasteiger partial charge in [0.2, 0.25) is 0 Å². The summed E-state index contributed by atoms with van der Waals surface area (Å²) in [6.07, 6.45) is 3.85. The van der Waals surface area contributed by atoms with Crippen molar-refractivity contribution >= 4 is 0 Å².